The predicted octanol–water partition coefficient (Wildman–Crippen LogP) is 1.20. The molecule has 0 saturated carbocycles. The van der Waals surface area contributed by atoms with Gasteiger partial charge in [0.15, 0.2) is 5.13 Å². The summed E-state index contributed by atoms with van der Waals surface area (Å²) in [6.07, 6.45) is 1.76. The van der Waals surface area contributed by atoms with Gasteiger partial charge in [0.1, 0.15) is 11.8 Å². The predicted molar refractivity (Wildman–Crippen MR) is 84.7 cm³/mol. The lowest BCUT2D eigenvalue weighted by molar-refractivity contribution is -0.119. The quantitative estimate of drug-likeness (QED) is 0.885. The number of nitrogens with one attached hydrogen (secondary N) is 1. The molecule has 22 heavy (non-hydrogen) atoms. The molecule has 0 saturated heterocycles. The second-order valence-electron chi connectivity index (χ2n) is 4.64. The standard InChI is InChI=1S/C14H13N5O2S/c15-12(20)11-8-10(13(21)17-14-16-6-7-22-14)18-19(11)9-4-2-1-3-5-9/h1-7,11H,8H2,(H2,15,20)(H,16,17,21). The summed E-state index contributed by atoms with van der Waals surface area (Å²) in [7, 11) is 0. The Balaban J connectivity index is 1.83. The smallest absolute Gasteiger partial charge is 0.273 e. The van der Waals surface area contributed by atoms with Crippen LogP contribution in [0.2, 0.25) is 0 Å². The number of anilines is 2. The molecule has 0 fully saturated rings. The van der Waals surface area contributed by atoms with E-state index in [1.54, 1.807) is 23.7 Å². The van der Waals surface area contributed by atoms with Gasteiger partial charge >= 0.3 is 0 Å². The molecule has 0 spiro atoms. The number of nitrogens with zero attached hydrogens (tertiary/aromatic N) is 3. The molecule has 0 bridgehead atoms. The Hall–Kier alpha value is -2.74. The fourth-order valence-electron chi connectivity index (χ4n) is 2.14. The molecule has 1 atom stereocenters. The average molecular weight is 315 g/mol. The van der Waals surface area contributed by atoms with Gasteiger partial charge in [0.2, 0.25) is 5.91 Å². The number of hydrazone groups is 1. The SMILES string of the molecule is NC(=O)C1CC(C(=O)Nc2nccs2)=NN1c1ccccc1. The highest BCUT2D eigenvalue weighted by atomic mass is 32.1. The molecule has 2 heterocycles. The number of amides is 2. The van der Waals surface area contributed by atoms with Crippen LogP contribution in [0.4, 0.5) is 10.8 Å². The molecule has 7 nitrogen and oxygen atoms in total. The van der Waals surface area contributed by atoms with Gasteiger partial charge in [-0.2, -0.15) is 5.10 Å². The molecule has 1 aromatic heterocycles. The molecular formula is C14H13N5O2S. The lowest BCUT2D eigenvalue weighted by atomic mass is 10.1. The van der Waals surface area contributed by atoms with Gasteiger partial charge in [0.25, 0.3) is 5.91 Å². The summed E-state index contributed by atoms with van der Waals surface area (Å²) in [5, 5.41) is 10.6. The van der Waals surface area contributed by atoms with Crippen LogP contribution in [-0.4, -0.2) is 28.6 Å². The molecule has 1 aliphatic rings. The highest BCUT2D eigenvalue weighted by molar-refractivity contribution is 7.13. The number of carbonyl (C=O) groups is 2. The maximum absolute atomic E-state index is 12.2. The molecule has 0 radical (unpaired) electrons. The van der Waals surface area contributed by atoms with Gasteiger partial charge in [-0.1, -0.05) is 18.2 Å². The van der Waals surface area contributed by atoms with Crippen molar-refractivity contribution in [1.29, 1.82) is 0 Å². The van der Waals surface area contributed by atoms with Gasteiger partial charge in [-0.15, -0.1) is 11.3 Å². The minimum atomic E-state index is -0.667. The summed E-state index contributed by atoms with van der Waals surface area (Å²) in [4.78, 5) is 27.8. The first-order chi connectivity index (χ1) is 10.6. The summed E-state index contributed by atoms with van der Waals surface area (Å²) < 4.78 is 0. The van der Waals surface area contributed by atoms with Crippen LogP contribution in [0.3, 0.4) is 0 Å². The maximum Gasteiger partial charge on any atom is 0.273 e. The van der Waals surface area contributed by atoms with E-state index < -0.39 is 11.9 Å². The summed E-state index contributed by atoms with van der Waals surface area (Å²) in [6.45, 7) is 0. The summed E-state index contributed by atoms with van der Waals surface area (Å²) in [5.74, 6) is -0.899. The van der Waals surface area contributed by atoms with Crippen molar-refractivity contribution in [2.75, 3.05) is 10.3 Å². The third kappa shape index (κ3) is 2.82. The molecule has 1 aromatic carbocycles. The number of hydrogen-bond acceptors (Lipinski definition) is 6. The first-order valence-electron chi connectivity index (χ1n) is 6.57. The van der Waals surface area contributed by atoms with Crippen molar-refractivity contribution in [2.24, 2.45) is 10.8 Å². The lowest BCUT2D eigenvalue weighted by Gasteiger charge is -2.20. The number of thiazole rings is 1. The topological polar surface area (TPSA) is 101 Å². The third-order valence-electron chi connectivity index (χ3n) is 3.17. The van der Waals surface area contributed by atoms with E-state index in [4.69, 9.17) is 5.73 Å². The van der Waals surface area contributed by atoms with E-state index in [0.29, 0.717) is 10.8 Å². The van der Waals surface area contributed by atoms with Gasteiger partial charge in [-0.3, -0.25) is 19.9 Å². The molecule has 1 aliphatic heterocycles. The normalized spacial score (nSPS) is 17.2. The third-order valence-corrected chi connectivity index (χ3v) is 3.86. The molecule has 0 aliphatic carbocycles. The number of rotatable bonds is 4. The largest absolute Gasteiger partial charge is 0.368 e. The van der Waals surface area contributed by atoms with Crippen molar-refractivity contribution in [3.63, 3.8) is 0 Å². The van der Waals surface area contributed by atoms with Crippen LogP contribution in [-0.2, 0) is 9.59 Å². The Morgan fingerprint density at radius 3 is 2.73 bits per heavy atom. The number of aromatic nitrogens is 1. The van der Waals surface area contributed by atoms with Crippen LogP contribution in [0.1, 0.15) is 6.42 Å². The molecule has 2 aromatic rings. The number of carbonyl (C=O) groups excluding carboxylic acids is 2. The van der Waals surface area contributed by atoms with Crippen molar-refractivity contribution in [2.45, 2.75) is 12.5 Å². The molecule has 1 unspecified atom stereocenters. The lowest BCUT2D eigenvalue weighted by Crippen LogP contribution is -2.39. The monoisotopic (exact) mass is 315 g/mol. The van der Waals surface area contributed by atoms with Crippen LogP contribution in [0, 0.1) is 0 Å². The van der Waals surface area contributed by atoms with Gasteiger partial charge in [-0.25, -0.2) is 4.98 Å². The maximum atomic E-state index is 12.2. The molecule has 2 amide bonds. The van der Waals surface area contributed by atoms with Crippen LogP contribution in [0.5, 0.6) is 0 Å². The van der Waals surface area contributed by atoms with Crippen molar-refractivity contribution in [1.82, 2.24) is 4.98 Å². The number of hydrogen-bond donors (Lipinski definition) is 2. The van der Waals surface area contributed by atoms with E-state index >= 15 is 0 Å². The number of para-hydroxylation sites is 1. The number of nitrogens with two attached hydrogens (primary N) is 1. The van der Waals surface area contributed by atoms with Crippen LogP contribution in [0.15, 0.2) is 47.0 Å². The van der Waals surface area contributed by atoms with Crippen LogP contribution in [0.25, 0.3) is 0 Å². The fourth-order valence-corrected chi connectivity index (χ4v) is 2.67. The number of primary amides is 1. The zero-order valence-electron chi connectivity index (χ0n) is 11.5. The van der Waals surface area contributed by atoms with Gasteiger partial charge in [0.05, 0.1) is 5.69 Å². The Morgan fingerprint density at radius 1 is 1.32 bits per heavy atom. The highest BCUT2D eigenvalue weighted by Gasteiger charge is 2.35. The van der Waals surface area contributed by atoms with Crippen molar-refractivity contribution >= 4 is 39.7 Å². The molecule has 3 N–H and O–H groups in total. The Kier molecular flexibility index (Phi) is 3.84. The summed E-state index contributed by atoms with van der Waals surface area (Å²) in [6, 6.07) is 8.47. The zero-order chi connectivity index (χ0) is 15.5. The Bertz CT molecular complexity index is 714. The Labute approximate surface area is 130 Å². The fraction of sp³-hybridized carbons (Fsp3) is 0.143. The second-order valence-corrected chi connectivity index (χ2v) is 5.54. The first kappa shape index (κ1) is 14.2. The van der Waals surface area contributed by atoms with Gasteiger partial charge < -0.3 is 5.73 Å². The number of benzene rings is 1. The van der Waals surface area contributed by atoms with E-state index in [1.807, 2.05) is 18.2 Å². The molecular weight excluding hydrogens is 302 g/mol. The van der Waals surface area contributed by atoms with Crippen molar-refractivity contribution < 1.29 is 9.59 Å². The van der Waals surface area contributed by atoms with Crippen LogP contribution >= 0.6 is 11.3 Å². The van der Waals surface area contributed by atoms with Crippen molar-refractivity contribution in [3.8, 4) is 0 Å². The molecule has 112 valence electrons. The van der Waals surface area contributed by atoms with Gasteiger partial charge in [-0.05, 0) is 12.1 Å². The van der Waals surface area contributed by atoms with Crippen molar-refractivity contribution in [3.05, 3.63) is 41.9 Å². The van der Waals surface area contributed by atoms with Gasteiger partial charge in [0, 0.05) is 18.0 Å². The minimum absolute atomic E-state index is 0.168. The van der Waals surface area contributed by atoms with E-state index in [0.717, 1.165) is 0 Å². The minimum Gasteiger partial charge on any atom is -0.368 e. The second kappa shape index (κ2) is 5.94. The summed E-state index contributed by atoms with van der Waals surface area (Å²) >= 11 is 1.31. The van der Waals surface area contributed by atoms with E-state index in [9.17, 15) is 9.59 Å². The Morgan fingerprint density at radius 2 is 2.09 bits per heavy atom. The zero-order valence-corrected chi connectivity index (χ0v) is 12.3. The van der Waals surface area contributed by atoms with E-state index in [2.05, 4.69) is 15.4 Å². The molecule has 3 rings (SSSR count). The molecule has 8 heteroatoms. The van der Waals surface area contributed by atoms with E-state index in [-0.39, 0.29) is 18.0 Å². The first-order valence-corrected chi connectivity index (χ1v) is 7.45. The highest BCUT2D eigenvalue weighted by Crippen LogP contribution is 2.24. The average Bonchev–Trinajstić information content (AvgIpc) is 3.17. The van der Waals surface area contributed by atoms with E-state index in [1.165, 1.54) is 16.3 Å². The van der Waals surface area contributed by atoms with Crippen LogP contribution < -0.4 is 16.1 Å². The summed E-state index contributed by atoms with van der Waals surface area (Å²) in [5.41, 5.74) is 6.39.